The van der Waals surface area contributed by atoms with Crippen molar-refractivity contribution < 1.29 is 22.0 Å². The third-order valence-electron chi connectivity index (χ3n) is 5.13. The minimum atomic E-state index is -3.67. The Kier molecular flexibility index (Phi) is 5.97. The molecular formula is C21H20F2N4O3S2. The van der Waals surface area contributed by atoms with E-state index in [4.69, 9.17) is 0 Å². The Balaban J connectivity index is 1.60. The van der Waals surface area contributed by atoms with Crippen molar-refractivity contribution in [2.45, 2.75) is 17.6 Å². The molecule has 1 aromatic heterocycles. The quantitative estimate of drug-likeness (QED) is 0.598. The first-order chi connectivity index (χ1) is 15.2. The zero-order valence-electron chi connectivity index (χ0n) is 17.3. The molecule has 0 radical (unpaired) electrons. The molecule has 0 aliphatic carbocycles. The van der Waals surface area contributed by atoms with Gasteiger partial charge in [-0.2, -0.15) is 0 Å². The first kappa shape index (κ1) is 22.3. The summed E-state index contributed by atoms with van der Waals surface area (Å²) in [6.07, 6.45) is 0.652. The molecule has 2 heterocycles. The van der Waals surface area contributed by atoms with Crippen LogP contribution in [0.4, 0.5) is 24.4 Å². The van der Waals surface area contributed by atoms with Gasteiger partial charge in [-0.1, -0.05) is 23.5 Å². The SMILES string of the molecule is CNS(=O)(=O)c1sc(N2CCCN(c3ccc(-c4cc(F)ccc4F)cc3)C2=O)nc1C. The second kappa shape index (κ2) is 8.57. The summed E-state index contributed by atoms with van der Waals surface area (Å²) in [4.78, 5) is 20.5. The summed E-state index contributed by atoms with van der Waals surface area (Å²) in [5.74, 6) is -1.07. The van der Waals surface area contributed by atoms with E-state index in [1.165, 1.54) is 11.9 Å². The predicted molar refractivity (Wildman–Crippen MR) is 120 cm³/mol. The first-order valence-electron chi connectivity index (χ1n) is 9.77. The van der Waals surface area contributed by atoms with Crippen LogP contribution in [0.1, 0.15) is 12.1 Å². The molecule has 1 aliphatic heterocycles. The van der Waals surface area contributed by atoms with Crippen molar-refractivity contribution in [3.05, 3.63) is 59.8 Å². The number of hydrogen-bond donors (Lipinski definition) is 1. The molecule has 3 aromatic rings. The number of urea groups is 1. The van der Waals surface area contributed by atoms with Crippen molar-refractivity contribution >= 4 is 38.2 Å². The third kappa shape index (κ3) is 4.10. The maximum Gasteiger partial charge on any atom is 0.330 e. The average Bonchev–Trinajstić information content (AvgIpc) is 3.18. The van der Waals surface area contributed by atoms with E-state index in [1.807, 2.05) is 0 Å². The van der Waals surface area contributed by atoms with Crippen LogP contribution in [0.25, 0.3) is 11.1 Å². The number of hydrogen-bond acceptors (Lipinski definition) is 5. The predicted octanol–water partition coefficient (Wildman–Crippen LogP) is 4.14. The number of rotatable bonds is 5. The number of aromatic nitrogens is 1. The Morgan fingerprint density at radius 1 is 1.06 bits per heavy atom. The lowest BCUT2D eigenvalue weighted by molar-refractivity contribution is 0.248. The molecule has 0 unspecified atom stereocenters. The van der Waals surface area contributed by atoms with Gasteiger partial charge in [0.25, 0.3) is 10.0 Å². The van der Waals surface area contributed by atoms with E-state index in [0.29, 0.717) is 41.6 Å². The van der Waals surface area contributed by atoms with Crippen molar-refractivity contribution in [1.82, 2.24) is 9.71 Å². The van der Waals surface area contributed by atoms with E-state index in [1.54, 1.807) is 36.1 Å². The number of carbonyl (C=O) groups excluding carboxylic acids is 1. The van der Waals surface area contributed by atoms with Gasteiger partial charge in [0.2, 0.25) is 0 Å². The number of halogens is 2. The minimum Gasteiger partial charge on any atom is -0.294 e. The summed E-state index contributed by atoms with van der Waals surface area (Å²) >= 11 is 0.941. The summed E-state index contributed by atoms with van der Waals surface area (Å²) in [6, 6.07) is 9.53. The van der Waals surface area contributed by atoms with Gasteiger partial charge in [0.1, 0.15) is 11.6 Å². The van der Waals surface area contributed by atoms with Crippen LogP contribution in [0.15, 0.2) is 46.7 Å². The maximum absolute atomic E-state index is 14.1. The van der Waals surface area contributed by atoms with E-state index in [0.717, 1.165) is 29.5 Å². The van der Waals surface area contributed by atoms with Crippen molar-refractivity contribution in [1.29, 1.82) is 0 Å². The molecule has 0 saturated carbocycles. The molecule has 1 N–H and O–H groups in total. The number of nitrogens with one attached hydrogen (secondary N) is 1. The van der Waals surface area contributed by atoms with Crippen molar-refractivity contribution in [2.24, 2.45) is 0 Å². The van der Waals surface area contributed by atoms with Crippen molar-refractivity contribution in [2.75, 3.05) is 29.9 Å². The molecule has 1 aliphatic rings. The fraction of sp³-hybridized carbons (Fsp3) is 0.238. The van der Waals surface area contributed by atoms with Crippen LogP contribution in [0, 0.1) is 18.6 Å². The number of aryl methyl sites for hydroxylation is 1. The molecule has 1 saturated heterocycles. The highest BCUT2D eigenvalue weighted by atomic mass is 32.2. The Hall–Kier alpha value is -2.89. The van der Waals surface area contributed by atoms with Crippen LogP contribution in [-0.2, 0) is 10.0 Å². The fourth-order valence-corrected chi connectivity index (χ4v) is 5.86. The smallest absolute Gasteiger partial charge is 0.294 e. The van der Waals surface area contributed by atoms with Crippen LogP contribution in [-0.4, -0.2) is 39.6 Å². The number of thiazole rings is 1. The molecule has 2 aromatic carbocycles. The lowest BCUT2D eigenvalue weighted by atomic mass is 10.0. The lowest BCUT2D eigenvalue weighted by Crippen LogP contribution is -2.49. The molecule has 2 amide bonds. The van der Waals surface area contributed by atoms with Crippen molar-refractivity contribution in [3.63, 3.8) is 0 Å². The molecule has 0 spiro atoms. The van der Waals surface area contributed by atoms with Crippen LogP contribution < -0.4 is 14.5 Å². The zero-order valence-corrected chi connectivity index (χ0v) is 18.9. The van der Waals surface area contributed by atoms with Gasteiger partial charge in [-0.05, 0) is 56.3 Å². The lowest BCUT2D eigenvalue weighted by Gasteiger charge is -2.34. The monoisotopic (exact) mass is 478 g/mol. The topological polar surface area (TPSA) is 82.6 Å². The second-order valence-electron chi connectivity index (χ2n) is 7.19. The van der Waals surface area contributed by atoms with Gasteiger partial charge >= 0.3 is 6.03 Å². The number of amides is 2. The number of anilines is 2. The van der Waals surface area contributed by atoms with E-state index >= 15 is 0 Å². The highest BCUT2D eigenvalue weighted by Gasteiger charge is 2.32. The van der Waals surface area contributed by atoms with Crippen LogP contribution in [0.5, 0.6) is 0 Å². The minimum absolute atomic E-state index is 0.0707. The van der Waals surface area contributed by atoms with Gasteiger partial charge in [0.05, 0.1) is 5.69 Å². The average molecular weight is 479 g/mol. The second-order valence-corrected chi connectivity index (χ2v) is 10.2. The molecule has 11 heteroatoms. The maximum atomic E-state index is 14.1. The van der Waals surface area contributed by atoms with Crippen LogP contribution in [0.2, 0.25) is 0 Å². The summed E-state index contributed by atoms with van der Waals surface area (Å²) in [7, 11) is -2.35. The van der Waals surface area contributed by atoms with Gasteiger partial charge in [-0.15, -0.1) is 0 Å². The van der Waals surface area contributed by atoms with Crippen LogP contribution in [0.3, 0.4) is 0 Å². The number of carbonyl (C=O) groups is 1. The largest absolute Gasteiger partial charge is 0.330 e. The summed E-state index contributed by atoms with van der Waals surface area (Å²) in [6.45, 7) is 2.46. The van der Waals surface area contributed by atoms with E-state index in [2.05, 4.69) is 9.71 Å². The highest BCUT2D eigenvalue weighted by Crippen LogP contribution is 2.33. The molecule has 7 nitrogen and oxygen atoms in total. The number of nitrogens with zero attached hydrogens (tertiary/aromatic N) is 3. The summed E-state index contributed by atoms with van der Waals surface area (Å²) in [5.41, 5.74) is 1.55. The van der Waals surface area contributed by atoms with Crippen LogP contribution >= 0.6 is 11.3 Å². The molecule has 4 rings (SSSR count). The summed E-state index contributed by atoms with van der Waals surface area (Å²) < 4.78 is 54.3. The fourth-order valence-electron chi connectivity index (χ4n) is 3.51. The van der Waals surface area contributed by atoms with Crippen molar-refractivity contribution in [3.8, 4) is 11.1 Å². The van der Waals surface area contributed by atoms with Gasteiger partial charge < -0.3 is 0 Å². The van der Waals surface area contributed by atoms with E-state index in [-0.39, 0.29) is 15.8 Å². The first-order valence-corrected chi connectivity index (χ1v) is 12.1. The third-order valence-corrected chi connectivity index (χ3v) is 8.33. The van der Waals surface area contributed by atoms with Gasteiger partial charge in [-0.25, -0.2) is 31.7 Å². The highest BCUT2D eigenvalue weighted by molar-refractivity contribution is 7.91. The molecule has 1 fully saturated rings. The Morgan fingerprint density at radius 3 is 2.44 bits per heavy atom. The Bertz CT molecular complexity index is 1280. The number of benzene rings is 2. The van der Waals surface area contributed by atoms with Gasteiger partial charge in [-0.3, -0.25) is 9.80 Å². The molecule has 168 valence electrons. The van der Waals surface area contributed by atoms with Gasteiger partial charge in [0.15, 0.2) is 9.34 Å². The standard InChI is InChI=1S/C21H20F2N4O3S2/c1-13-19(32(29,30)24-2)31-20(25-13)27-11-3-10-26(21(27)28)16-7-4-14(5-8-16)17-12-15(22)6-9-18(17)23/h4-9,12,24H,3,10-11H2,1-2H3. The Labute approximate surface area is 188 Å². The van der Waals surface area contributed by atoms with E-state index in [9.17, 15) is 22.0 Å². The zero-order chi connectivity index (χ0) is 23.0. The molecule has 0 bridgehead atoms. The summed E-state index contributed by atoms with van der Waals surface area (Å²) in [5, 5.41) is 0.310. The molecular weight excluding hydrogens is 458 g/mol. The number of sulfonamides is 1. The van der Waals surface area contributed by atoms with E-state index < -0.39 is 21.7 Å². The molecule has 0 atom stereocenters. The van der Waals surface area contributed by atoms with Gasteiger partial charge in [0, 0.05) is 24.3 Å². The normalized spacial score (nSPS) is 14.8. The Morgan fingerprint density at radius 2 is 1.75 bits per heavy atom. The molecule has 32 heavy (non-hydrogen) atoms.